The quantitative estimate of drug-likeness (QED) is 0.755. The first-order valence-electron chi connectivity index (χ1n) is 10.2. The molecule has 1 saturated heterocycles. The molecule has 1 unspecified atom stereocenters. The molecular formula is C21H28N8OS. The zero-order chi connectivity index (χ0) is 22.0. The second kappa shape index (κ2) is 8.64. The van der Waals surface area contributed by atoms with Gasteiger partial charge in [-0.3, -0.25) is 19.5 Å². The Bertz CT molecular complexity index is 1030. The second-order valence-electron chi connectivity index (χ2n) is 7.82. The van der Waals surface area contributed by atoms with Crippen molar-refractivity contribution >= 4 is 32.3 Å². The SMILES string of the molecule is CC(=O)NC1=NNC(=N[C@@H]2CCN(c3cccnn3)C2)S1(c1cccc(C)c1)N(C)C. The van der Waals surface area contributed by atoms with E-state index in [0.717, 1.165) is 41.0 Å². The zero-order valence-electron chi connectivity index (χ0n) is 18.2. The van der Waals surface area contributed by atoms with Crippen molar-refractivity contribution in [3.8, 4) is 0 Å². The van der Waals surface area contributed by atoms with Crippen LogP contribution < -0.4 is 15.6 Å². The molecular weight excluding hydrogens is 412 g/mol. The van der Waals surface area contributed by atoms with Crippen LogP contribution in [-0.2, 0) is 4.79 Å². The van der Waals surface area contributed by atoms with Crippen LogP contribution in [0.1, 0.15) is 18.9 Å². The lowest BCUT2D eigenvalue weighted by Crippen LogP contribution is -2.40. The maximum absolute atomic E-state index is 12.0. The fourth-order valence-electron chi connectivity index (χ4n) is 3.94. The van der Waals surface area contributed by atoms with Gasteiger partial charge >= 0.3 is 0 Å². The summed E-state index contributed by atoms with van der Waals surface area (Å²) in [7, 11) is 2.04. The Morgan fingerprint density at radius 1 is 1.32 bits per heavy atom. The van der Waals surface area contributed by atoms with Crippen LogP contribution in [0.5, 0.6) is 0 Å². The van der Waals surface area contributed by atoms with Gasteiger partial charge in [0.1, 0.15) is 0 Å². The van der Waals surface area contributed by atoms with E-state index >= 15 is 0 Å². The van der Waals surface area contributed by atoms with Crippen LogP contribution in [-0.4, -0.2) is 64.0 Å². The number of hydrogen-bond donors (Lipinski definition) is 2. The largest absolute Gasteiger partial charge is 0.353 e. The number of rotatable bonds is 4. The predicted octanol–water partition coefficient (Wildman–Crippen LogP) is 2.07. The van der Waals surface area contributed by atoms with Gasteiger partial charge in [0.15, 0.2) is 16.2 Å². The number of hydrogen-bond acceptors (Lipinski definition) is 7. The highest BCUT2D eigenvalue weighted by Gasteiger charge is 2.46. The highest BCUT2D eigenvalue weighted by Crippen LogP contribution is 2.60. The number of nitrogens with one attached hydrogen (secondary N) is 2. The molecule has 2 aliphatic heterocycles. The van der Waals surface area contributed by atoms with Crippen molar-refractivity contribution in [3.05, 3.63) is 48.2 Å². The van der Waals surface area contributed by atoms with E-state index in [0.29, 0.717) is 5.17 Å². The minimum atomic E-state index is -1.98. The third-order valence-corrected chi connectivity index (χ3v) is 8.86. The number of benzene rings is 1. The van der Waals surface area contributed by atoms with Gasteiger partial charge in [0.25, 0.3) is 0 Å². The first-order chi connectivity index (χ1) is 14.9. The van der Waals surface area contributed by atoms with Crippen molar-refractivity contribution in [1.82, 2.24) is 25.2 Å². The van der Waals surface area contributed by atoms with E-state index in [2.05, 4.69) is 60.4 Å². The van der Waals surface area contributed by atoms with Gasteiger partial charge in [0.2, 0.25) is 5.91 Å². The molecule has 1 aromatic carbocycles. The first-order valence-corrected chi connectivity index (χ1v) is 11.8. The Hall–Kier alpha value is -2.98. The summed E-state index contributed by atoms with van der Waals surface area (Å²) in [5.41, 5.74) is 4.30. The number of amides is 1. The first kappa shape index (κ1) is 21.3. The Balaban J connectivity index is 1.71. The molecule has 1 aromatic heterocycles. The standard InChI is InChI=1S/C21H28N8OS/c1-15-7-5-8-18(13-15)31(28(3)4)20(23-16(2)30)26-27-21(31)24-17-10-12-29(14-17)19-9-6-11-22-25-19/h5-9,11,13,17H,10,12,14H2,1-4H3,(H,24,27)(H,23,26,30)/t17-/m1/s1. The zero-order valence-corrected chi connectivity index (χ0v) is 19.1. The third-order valence-electron chi connectivity index (χ3n) is 5.32. The van der Waals surface area contributed by atoms with Gasteiger partial charge in [0.05, 0.1) is 6.04 Å². The highest BCUT2D eigenvalue weighted by molar-refractivity contribution is 8.54. The van der Waals surface area contributed by atoms with Crippen LogP contribution in [0, 0.1) is 6.92 Å². The molecule has 164 valence electrons. The van der Waals surface area contributed by atoms with Crippen molar-refractivity contribution in [2.45, 2.75) is 31.2 Å². The van der Waals surface area contributed by atoms with Gasteiger partial charge in [-0.15, -0.1) is 10.2 Å². The average molecular weight is 441 g/mol. The Morgan fingerprint density at radius 3 is 2.84 bits per heavy atom. The molecule has 0 spiro atoms. The number of hydrazone groups is 1. The maximum Gasteiger partial charge on any atom is 0.222 e. The van der Waals surface area contributed by atoms with Crippen molar-refractivity contribution in [2.24, 2.45) is 10.1 Å². The molecule has 2 aliphatic rings. The lowest BCUT2D eigenvalue weighted by molar-refractivity contribution is -0.117. The number of amidine groups is 2. The van der Waals surface area contributed by atoms with Crippen molar-refractivity contribution < 1.29 is 4.79 Å². The van der Waals surface area contributed by atoms with E-state index < -0.39 is 10.2 Å². The summed E-state index contributed by atoms with van der Waals surface area (Å²) in [5.74, 6) is 0.715. The number of carbonyl (C=O) groups excluding carboxylic acids is 1. The van der Waals surface area contributed by atoms with E-state index in [9.17, 15) is 4.79 Å². The number of aliphatic imine (C=N–C) groups is 1. The van der Waals surface area contributed by atoms with Gasteiger partial charge in [-0.05, 0) is 61.9 Å². The molecule has 2 atom stereocenters. The molecule has 1 amide bonds. The Morgan fingerprint density at radius 2 is 2.16 bits per heavy atom. The van der Waals surface area contributed by atoms with Gasteiger partial charge < -0.3 is 10.2 Å². The van der Waals surface area contributed by atoms with E-state index in [4.69, 9.17) is 4.99 Å². The lowest BCUT2D eigenvalue weighted by Gasteiger charge is -2.42. The Kier molecular flexibility index (Phi) is 5.92. The fourth-order valence-corrected chi connectivity index (χ4v) is 7.27. The van der Waals surface area contributed by atoms with E-state index in [1.165, 1.54) is 6.92 Å². The molecule has 1 fully saturated rings. The van der Waals surface area contributed by atoms with Crippen LogP contribution in [0.2, 0.25) is 0 Å². The topological polar surface area (TPSA) is 98.1 Å². The average Bonchev–Trinajstić information content (AvgIpc) is 3.34. The van der Waals surface area contributed by atoms with E-state index in [1.807, 2.05) is 32.3 Å². The molecule has 0 aliphatic carbocycles. The van der Waals surface area contributed by atoms with Crippen molar-refractivity contribution in [3.63, 3.8) is 0 Å². The van der Waals surface area contributed by atoms with Crippen LogP contribution in [0.3, 0.4) is 0 Å². The number of carbonyl (C=O) groups is 1. The minimum absolute atomic E-state index is 0.0908. The second-order valence-corrected chi connectivity index (χ2v) is 11.0. The summed E-state index contributed by atoms with van der Waals surface area (Å²) in [6.07, 6.45) is 2.59. The monoisotopic (exact) mass is 440 g/mol. The summed E-state index contributed by atoms with van der Waals surface area (Å²) < 4.78 is 2.13. The Labute approximate surface area is 184 Å². The molecule has 31 heavy (non-hydrogen) atoms. The van der Waals surface area contributed by atoms with Crippen molar-refractivity contribution in [2.75, 3.05) is 32.1 Å². The summed E-state index contributed by atoms with van der Waals surface area (Å²) >= 11 is 0. The van der Waals surface area contributed by atoms with Gasteiger partial charge in [-0.2, -0.15) is 5.10 Å². The third kappa shape index (κ3) is 4.00. The predicted molar refractivity (Wildman–Crippen MR) is 125 cm³/mol. The maximum atomic E-state index is 12.0. The van der Waals surface area contributed by atoms with Crippen LogP contribution in [0.4, 0.5) is 5.82 Å². The van der Waals surface area contributed by atoms with Gasteiger partial charge in [-0.25, -0.2) is 0 Å². The molecule has 0 radical (unpaired) electrons. The van der Waals surface area contributed by atoms with E-state index in [-0.39, 0.29) is 11.9 Å². The molecule has 4 rings (SSSR count). The number of nitrogens with zero attached hydrogens (tertiary/aromatic N) is 6. The van der Waals surface area contributed by atoms with Crippen LogP contribution in [0.25, 0.3) is 0 Å². The van der Waals surface area contributed by atoms with Crippen LogP contribution in [0.15, 0.2) is 57.6 Å². The minimum Gasteiger partial charge on any atom is -0.353 e. The summed E-state index contributed by atoms with van der Waals surface area (Å²) in [6.45, 7) is 5.20. The molecule has 9 nitrogen and oxygen atoms in total. The number of anilines is 1. The van der Waals surface area contributed by atoms with E-state index in [1.54, 1.807) is 6.20 Å². The molecule has 0 saturated carbocycles. The molecule has 10 heteroatoms. The molecule has 2 aromatic rings. The van der Waals surface area contributed by atoms with Crippen LogP contribution >= 0.6 is 10.2 Å². The summed E-state index contributed by atoms with van der Waals surface area (Å²) in [5, 5.41) is 17.1. The number of aromatic nitrogens is 2. The smallest absolute Gasteiger partial charge is 0.222 e. The number of aryl methyl sites for hydroxylation is 1. The summed E-state index contributed by atoms with van der Waals surface area (Å²) in [6, 6.07) is 12.3. The fraction of sp³-hybridized carbons (Fsp3) is 0.381. The van der Waals surface area contributed by atoms with Gasteiger partial charge in [-0.1, -0.05) is 17.7 Å². The highest BCUT2D eigenvalue weighted by atomic mass is 32.3. The summed E-state index contributed by atoms with van der Waals surface area (Å²) in [4.78, 5) is 20.4. The lowest BCUT2D eigenvalue weighted by atomic mass is 10.2. The van der Waals surface area contributed by atoms with Crippen molar-refractivity contribution in [1.29, 1.82) is 0 Å². The molecule has 0 bridgehead atoms. The molecule has 2 N–H and O–H groups in total. The normalized spacial score (nSPS) is 26.5. The van der Waals surface area contributed by atoms with Gasteiger partial charge in [0, 0.05) is 31.1 Å². The molecule has 3 heterocycles.